The lowest BCUT2D eigenvalue weighted by Gasteiger charge is -2.33. The second kappa shape index (κ2) is 14.5. The Morgan fingerprint density at radius 2 is 0.855 bits per heavy atom. The smallest absolute Gasteiger partial charge is 0.164 e. The van der Waals surface area contributed by atoms with Gasteiger partial charge in [-0.3, -0.25) is 0 Å². The maximum absolute atomic E-state index is 5.20. The summed E-state index contributed by atoms with van der Waals surface area (Å²) in [5.74, 6) is 1.88. The van der Waals surface area contributed by atoms with Crippen LogP contribution >= 0.6 is 0 Å². The molecule has 0 spiro atoms. The summed E-state index contributed by atoms with van der Waals surface area (Å²) in [4.78, 5) is 15.4. The SMILES string of the molecule is c1ccc(-c2cccc(-c3nc(-c4ccccc4)nc(-c4cccc(-n5c6ccccc6c6c7c(ccc65)C(c5ccccc5)(c5ccccc5)c5ccccc5-7)c4)n3)c2)cc1. The van der Waals surface area contributed by atoms with Gasteiger partial charge in [-0.25, -0.2) is 15.0 Å². The minimum atomic E-state index is -0.487. The third-order valence-corrected chi connectivity index (χ3v) is 12.5. The predicted molar refractivity (Wildman–Crippen MR) is 253 cm³/mol. The van der Waals surface area contributed by atoms with Crippen molar-refractivity contribution in [3.8, 4) is 62.1 Å². The number of para-hydroxylation sites is 1. The Bertz CT molecular complexity index is 3410. The fourth-order valence-corrected chi connectivity index (χ4v) is 9.87. The topological polar surface area (TPSA) is 43.6 Å². The number of nitrogens with zero attached hydrogens (tertiary/aromatic N) is 4. The van der Waals surface area contributed by atoms with Crippen molar-refractivity contribution in [2.45, 2.75) is 5.41 Å². The van der Waals surface area contributed by atoms with Gasteiger partial charge in [0.1, 0.15) is 0 Å². The summed E-state index contributed by atoms with van der Waals surface area (Å²) >= 11 is 0. The number of fused-ring (bicyclic) bond motifs is 7. The second-order valence-electron chi connectivity index (χ2n) is 15.9. The van der Waals surface area contributed by atoms with Gasteiger partial charge in [0, 0.05) is 33.2 Å². The third-order valence-electron chi connectivity index (χ3n) is 12.5. The van der Waals surface area contributed by atoms with Crippen LogP contribution in [0.4, 0.5) is 0 Å². The number of hydrogen-bond donors (Lipinski definition) is 0. The van der Waals surface area contributed by atoms with Crippen molar-refractivity contribution < 1.29 is 0 Å². The van der Waals surface area contributed by atoms with E-state index in [2.05, 4.69) is 211 Å². The minimum Gasteiger partial charge on any atom is -0.309 e. The quantitative estimate of drug-likeness (QED) is 0.161. The average molecular weight is 791 g/mol. The molecule has 1 aliphatic carbocycles. The lowest BCUT2D eigenvalue weighted by Crippen LogP contribution is -2.28. The number of aromatic nitrogens is 4. The highest BCUT2D eigenvalue weighted by atomic mass is 15.0. The van der Waals surface area contributed by atoms with E-state index < -0.39 is 5.41 Å². The minimum absolute atomic E-state index is 0.487. The molecule has 4 heteroatoms. The summed E-state index contributed by atoms with van der Waals surface area (Å²) in [7, 11) is 0. The monoisotopic (exact) mass is 790 g/mol. The Morgan fingerprint density at radius 1 is 0.339 bits per heavy atom. The second-order valence-corrected chi connectivity index (χ2v) is 15.9. The average Bonchev–Trinajstić information content (AvgIpc) is 3.86. The third kappa shape index (κ3) is 5.58. The zero-order valence-corrected chi connectivity index (χ0v) is 33.7. The molecule has 1 aliphatic rings. The zero-order valence-electron chi connectivity index (χ0n) is 33.7. The molecule has 0 aliphatic heterocycles. The highest BCUT2D eigenvalue weighted by molar-refractivity contribution is 6.18. The van der Waals surface area contributed by atoms with Crippen LogP contribution in [0, 0.1) is 0 Å². The molecule has 0 amide bonds. The van der Waals surface area contributed by atoms with Gasteiger partial charge in [-0.2, -0.15) is 0 Å². The van der Waals surface area contributed by atoms with Gasteiger partial charge in [0.15, 0.2) is 17.5 Å². The lowest BCUT2D eigenvalue weighted by molar-refractivity contribution is 0.769. The van der Waals surface area contributed by atoms with Crippen LogP contribution in [0.3, 0.4) is 0 Å². The van der Waals surface area contributed by atoms with Gasteiger partial charge in [0.2, 0.25) is 0 Å². The van der Waals surface area contributed by atoms with Crippen molar-refractivity contribution in [2.24, 2.45) is 0 Å². The van der Waals surface area contributed by atoms with E-state index in [1.54, 1.807) is 0 Å². The Kier molecular flexibility index (Phi) is 8.36. The van der Waals surface area contributed by atoms with Gasteiger partial charge >= 0.3 is 0 Å². The molecule has 0 saturated carbocycles. The van der Waals surface area contributed by atoms with Crippen LogP contribution in [-0.4, -0.2) is 19.5 Å². The van der Waals surface area contributed by atoms with Crippen LogP contribution in [0.5, 0.6) is 0 Å². The molecular weight excluding hydrogens is 753 g/mol. The van der Waals surface area contributed by atoms with Gasteiger partial charge in [0.05, 0.1) is 16.4 Å². The van der Waals surface area contributed by atoms with Crippen molar-refractivity contribution in [3.05, 3.63) is 253 Å². The number of rotatable bonds is 7. The zero-order chi connectivity index (χ0) is 41.0. The van der Waals surface area contributed by atoms with Crippen molar-refractivity contribution in [1.82, 2.24) is 19.5 Å². The van der Waals surface area contributed by atoms with E-state index in [4.69, 9.17) is 15.0 Å². The molecule has 0 N–H and O–H groups in total. The van der Waals surface area contributed by atoms with Gasteiger partial charge < -0.3 is 4.57 Å². The standard InChI is InChI=1S/C58H38N4/c1-5-19-39(20-6-1)41-23-17-24-42(37-41)56-59-55(40-21-7-2-8-22-40)60-57(61-56)43-25-18-30-46(38-43)62-51-34-16-14-32-48(51)54-52(62)36-35-50-53(54)47-31-13-15-33-49(47)58(50,44-26-9-3-10-27-44)45-28-11-4-12-29-45/h1-38H. The van der Waals surface area contributed by atoms with Crippen molar-refractivity contribution in [1.29, 1.82) is 0 Å². The van der Waals surface area contributed by atoms with Crippen LogP contribution in [-0.2, 0) is 5.41 Å². The largest absolute Gasteiger partial charge is 0.309 e. The van der Waals surface area contributed by atoms with E-state index >= 15 is 0 Å². The van der Waals surface area contributed by atoms with Crippen molar-refractivity contribution in [2.75, 3.05) is 0 Å². The molecule has 0 saturated heterocycles. The summed E-state index contributed by atoms with van der Waals surface area (Å²) in [6.45, 7) is 0. The molecule has 9 aromatic carbocycles. The van der Waals surface area contributed by atoms with Gasteiger partial charge in [0.25, 0.3) is 0 Å². The molecule has 4 nitrogen and oxygen atoms in total. The summed E-state index contributed by atoms with van der Waals surface area (Å²) in [5.41, 5.74) is 15.5. The van der Waals surface area contributed by atoms with Crippen LogP contribution in [0.1, 0.15) is 22.3 Å². The molecule has 12 rings (SSSR count). The normalized spacial score (nSPS) is 12.6. The van der Waals surface area contributed by atoms with Crippen molar-refractivity contribution in [3.63, 3.8) is 0 Å². The predicted octanol–water partition coefficient (Wildman–Crippen LogP) is 14.0. The Labute approximate surface area is 360 Å². The van der Waals surface area contributed by atoms with E-state index in [0.717, 1.165) is 44.5 Å². The first kappa shape index (κ1) is 35.7. The Balaban J connectivity index is 1.07. The molecule has 0 bridgehead atoms. The van der Waals surface area contributed by atoms with Crippen LogP contribution in [0.15, 0.2) is 231 Å². The molecular formula is C58H38N4. The van der Waals surface area contributed by atoms with Gasteiger partial charge in [-0.15, -0.1) is 0 Å². The molecule has 0 fully saturated rings. The Morgan fingerprint density at radius 3 is 1.55 bits per heavy atom. The lowest BCUT2D eigenvalue weighted by atomic mass is 9.67. The maximum atomic E-state index is 5.20. The fourth-order valence-electron chi connectivity index (χ4n) is 9.87. The number of benzene rings is 9. The molecule has 0 radical (unpaired) electrons. The maximum Gasteiger partial charge on any atom is 0.164 e. The number of hydrogen-bond acceptors (Lipinski definition) is 3. The molecule has 2 aromatic heterocycles. The molecule has 62 heavy (non-hydrogen) atoms. The molecule has 290 valence electrons. The molecule has 2 heterocycles. The van der Waals surface area contributed by atoms with E-state index in [1.807, 2.05) is 24.3 Å². The first-order valence-electron chi connectivity index (χ1n) is 21.1. The first-order chi connectivity index (χ1) is 30.8. The van der Waals surface area contributed by atoms with Gasteiger partial charge in [-0.1, -0.05) is 200 Å². The molecule has 11 aromatic rings. The molecule has 0 unspecified atom stereocenters. The Hall–Kier alpha value is -8.21. The van der Waals surface area contributed by atoms with Crippen molar-refractivity contribution >= 4 is 21.8 Å². The van der Waals surface area contributed by atoms with Crippen LogP contribution in [0.25, 0.3) is 83.9 Å². The van der Waals surface area contributed by atoms with Crippen LogP contribution < -0.4 is 0 Å². The van der Waals surface area contributed by atoms with E-state index in [0.29, 0.717) is 17.5 Å². The summed E-state index contributed by atoms with van der Waals surface area (Å²) in [5, 5.41) is 2.46. The van der Waals surface area contributed by atoms with E-state index in [9.17, 15) is 0 Å². The fraction of sp³-hybridized carbons (Fsp3) is 0.0172. The van der Waals surface area contributed by atoms with E-state index in [1.165, 1.54) is 44.2 Å². The van der Waals surface area contributed by atoms with Crippen LogP contribution in [0.2, 0.25) is 0 Å². The highest BCUT2D eigenvalue weighted by Crippen LogP contribution is 2.58. The summed E-state index contributed by atoms with van der Waals surface area (Å²) < 4.78 is 2.41. The van der Waals surface area contributed by atoms with Gasteiger partial charge in [-0.05, 0) is 74.8 Å². The molecule has 0 atom stereocenters. The van der Waals surface area contributed by atoms with E-state index in [-0.39, 0.29) is 0 Å². The highest BCUT2D eigenvalue weighted by Gasteiger charge is 2.47. The summed E-state index contributed by atoms with van der Waals surface area (Å²) in [6.07, 6.45) is 0. The first-order valence-corrected chi connectivity index (χ1v) is 21.1. The summed E-state index contributed by atoms with van der Waals surface area (Å²) in [6, 6.07) is 82.3.